The Morgan fingerprint density at radius 2 is 2.18 bits per heavy atom. The van der Waals surface area contributed by atoms with Crippen LogP contribution in [-0.4, -0.2) is 23.6 Å². The Labute approximate surface area is 98.1 Å². The molecule has 0 aromatic carbocycles. The molecule has 0 aliphatic heterocycles. The molecule has 1 heterocycles. The highest BCUT2D eigenvalue weighted by atomic mass is 16.5. The van der Waals surface area contributed by atoms with E-state index in [0.717, 1.165) is 5.56 Å². The topological polar surface area (TPSA) is 120 Å². The second kappa shape index (κ2) is 6.31. The second-order valence-electron chi connectivity index (χ2n) is 3.29. The van der Waals surface area contributed by atoms with Crippen molar-refractivity contribution in [2.75, 3.05) is 12.3 Å². The summed E-state index contributed by atoms with van der Waals surface area (Å²) >= 11 is 0. The highest BCUT2D eigenvalue weighted by Gasteiger charge is 2.03. The van der Waals surface area contributed by atoms with Gasteiger partial charge in [-0.2, -0.15) is 0 Å². The van der Waals surface area contributed by atoms with Crippen molar-refractivity contribution in [1.82, 2.24) is 10.3 Å². The van der Waals surface area contributed by atoms with E-state index in [1.807, 2.05) is 0 Å². The third kappa shape index (κ3) is 5.36. The van der Waals surface area contributed by atoms with Gasteiger partial charge in [-0.15, -0.1) is 0 Å². The number of amides is 2. The van der Waals surface area contributed by atoms with E-state index in [1.165, 1.54) is 0 Å². The molecule has 0 atom stereocenters. The largest absolute Gasteiger partial charge is 0.449 e. The van der Waals surface area contributed by atoms with Crippen LogP contribution in [-0.2, 0) is 16.1 Å². The zero-order chi connectivity index (χ0) is 12.7. The maximum Gasteiger partial charge on any atom is 0.404 e. The number of nitrogens with two attached hydrogens (primary N) is 2. The molecule has 0 aliphatic rings. The number of primary amides is 1. The first-order chi connectivity index (χ1) is 8.08. The number of nitrogen functional groups attached to an aromatic ring is 1. The summed E-state index contributed by atoms with van der Waals surface area (Å²) in [5, 5.41) is 2.64. The van der Waals surface area contributed by atoms with Gasteiger partial charge in [0, 0.05) is 12.7 Å². The normalized spacial score (nSPS) is 9.65. The lowest BCUT2D eigenvalue weighted by Crippen LogP contribution is -2.25. The van der Waals surface area contributed by atoms with E-state index in [1.54, 1.807) is 18.3 Å². The maximum absolute atomic E-state index is 11.3. The van der Waals surface area contributed by atoms with Crippen molar-refractivity contribution in [3.63, 3.8) is 0 Å². The van der Waals surface area contributed by atoms with Crippen LogP contribution >= 0.6 is 0 Å². The summed E-state index contributed by atoms with van der Waals surface area (Å²) in [6.45, 7) is 0.323. The van der Waals surface area contributed by atoms with E-state index in [-0.39, 0.29) is 18.9 Å². The molecule has 2 amide bonds. The van der Waals surface area contributed by atoms with Gasteiger partial charge in [0.2, 0.25) is 5.91 Å². The van der Waals surface area contributed by atoms with Crippen molar-refractivity contribution in [3.05, 3.63) is 23.9 Å². The fraction of sp³-hybridized carbons (Fsp3) is 0.300. The minimum atomic E-state index is -0.888. The zero-order valence-electron chi connectivity index (χ0n) is 9.18. The fourth-order valence-electron chi connectivity index (χ4n) is 1.07. The number of hydrogen-bond donors (Lipinski definition) is 3. The molecule has 0 unspecified atom stereocenters. The quantitative estimate of drug-likeness (QED) is 0.654. The molecule has 7 nitrogen and oxygen atoms in total. The third-order valence-electron chi connectivity index (χ3n) is 1.91. The lowest BCUT2D eigenvalue weighted by molar-refractivity contribution is -0.121. The lowest BCUT2D eigenvalue weighted by Gasteiger charge is -2.05. The minimum absolute atomic E-state index is 0.0266. The number of carbonyl (C=O) groups is 2. The van der Waals surface area contributed by atoms with Crippen LogP contribution in [0.3, 0.4) is 0 Å². The summed E-state index contributed by atoms with van der Waals surface area (Å²) < 4.78 is 4.43. The van der Waals surface area contributed by atoms with Gasteiger partial charge >= 0.3 is 6.09 Å². The Morgan fingerprint density at radius 1 is 1.41 bits per heavy atom. The van der Waals surface area contributed by atoms with Crippen molar-refractivity contribution in [3.8, 4) is 0 Å². The summed E-state index contributed by atoms with van der Waals surface area (Å²) in [7, 11) is 0. The van der Waals surface area contributed by atoms with Crippen LogP contribution < -0.4 is 16.8 Å². The molecule has 0 radical (unpaired) electrons. The van der Waals surface area contributed by atoms with E-state index in [9.17, 15) is 9.59 Å². The second-order valence-corrected chi connectivity index (χ2v) is 3.29. The number of nitrogens with one attached hydrogen (secondary N) is 1. The molecule has 1 aromatic rings. The van der Waals surface area contributed by atoms with Crippen LogP contribution in [0.1, 0.15) is 12.0 Å². The molecule has 0 aliphatic carbocycles. The molecule has 5 N–H and O–H groups in total. The Bertz CT molecular complexity index is 391. The Balaban J connectivity index is 2.23. The summed E-state index contributed by atoms with van der Waals surface area (Å²) in [4.78, 5) is 25.4. The molecular weight excluding hydrogens is 224 g/mol. The molecule has 0 saturated heterocycles. The molecule has 1 rings (SSSR count). The summed E-state index contributed by atoms with van der Waals surface area (Å²) in [5.41, 5.74) is 11.0. The summed E-state index contributed by atoms with van der Waals surface area (Å²) in [6, 6.07) is 3.42. The number of anilines is 1. The van der Waals surface area contributed by atoms with Gasteiger partial charge in [0.1, 0.15) is 12.4 Å². The van der Waals surface area contributed by atoms with Crippen molar-refractivity contribution in [2.45, 2.75) is 13.0 Å². The number of carbonyl (C=O) groups excluding carboxylic acids is 2. The molecule has 92 valence electrons. The standard InChI is InChI=1S/C10H14N4O3/c11-8-2-1-7(5-13-8)6-14-9(15)3-4-17-10(12)16/h1-2,5H,3-4,6H2,(H2,11,13)(H2,12,16)(H,14,15). The number of rotatable bonds is 5. The van der Waals surface area contributed by atoms with Crippen molar-refractivity contribution in [2.24, 2.45) is 5.73 Å². The molecule has 0 saturated carbocycles. The van der Waals surface area contributed by atoms with E-state index in [2.05, 4.69) is 15.0 Å². The summed E-state index contributed by atoms with van der Waals surface area (Å²) in [5.74, 6) is 0.193. The minimum Gasteiger partial charge on any atom is -0.449 e. The third-order valence-corrected chi connectivity index (χ3v) is 1.91. The van der Waals surface area contributed by atoms with Gasteiger partial charge in [-0.05, 0) is 11.6 Å². The first-order valence-electron chi connectivity index (χ1n) is 4.97. The van der Waals surface area contributed by atoms with Gasteiger partial charge in [-0.3, -0.25) is 4.79 Å². The number of hydrogen-bond acceptors (Lipinski definition) is 5. The van der Waals surface area contributed by atoms with Gasteiger partial charge in [-0.25, -0.2) is 9.78 Å². The van der Waals surface area contributed by atoms with Crippen molar-refractivity contribution >= 4 is 17.8 Å². The monoisotopic (exact) mass is 238 g/mol. The molecule has 0 bridgehead atoms. The molecule has 0 fully saturated rings. The van der Waals surface area contributed by atoms with Crippen LogP contribution in [0.5, 0.6) is 0 Å². The molecule has 1 aromatic heterocycles. The predicted octanol–water partition coefficient (Wildman–Crippen LogP) is -0.235. The average Bonchev–Trinajstić information content (AvgIpc) is 2.28. The van der Waals surface area contributed by atoms with E-state index >= 15 is 0 Å². The molecular formula is C10H14N4O3. The van der Waals surface area contributed by atoms with Crippen molar-refractivity contribution in [1.29, 1.82) is 0 Å². The maximum atomic E-state index is 11.3. The molecule has 0 spiro atoms. The molecule has 17 heavy (non-hydrogen) atoms. The first-order valence-corrected chi connectivity index (χ1v) is 4.97. The van der Waals surface area contributed by atoms with Crippen LogP contribution in [0.4, 0.5) is 10.6 Å². The SMILES string of the molecule is NC(=O)OCCC(=O)NCc1ccc(N)nc1. The summed E-state index contributed by atoms with van der Waals surface area (Å²) in [6.07, 6.45) is 0.765. The first kappa shape index (κ1) is 12.8. The Kier molecular flexibility index (Phi) is 4.74. The van der Waals surface area contributed by atoms with E-state index < -0.39 is 6.09 Å². The number of ether oxygens (including phenoxy) is 1. The van der Waals surface area contributed by atoms with Gasteiger partial charge in [-0.1, -0.05) is 6.07 Å². The van der Waals surface area contributed by atoms with Gasteiger partial charge < -0.3 is 21.5 Å². The fourth-order valence-corrected chi connectivity index (χ4v) is 1.07. The average molecular weight is 238 g/mol. The van der Waals surface area contributed by atoms with Crippen LogP contribution in [0.2, 0.25) is 0 Å². The Hall–Kier alpha value is -2.31. The molecule has 7 heteroatoms. The van der Waals surface area contributed by atoms with E-state index in [4.69, 9.17) is 11.5 Å². The smallest absolute Gasteiger partial charge is 0.404 e. The van der Waals surface area contributed by atoms with Gasteiger partial charge in [0.15, 0.2) is 0 Å². The predicted molar refractivity (Wildman–Crippen MR) is 60.6 cm³/mol. The van der Waals surface area contributed by atoms with Crippen LogP contribution in [0.15, 0.2) is 18.3 Å². The number of pyridine rings is 1. The number of aromatic nitrogens is 1. The van der Waals surface area contributed by atoms with Gasteiger partial charge in [0.25, 0.3) is 0 Å². The van der Waals surface area contributed by atoms with Gasteiger partial charge in [0.05, 0.1) is 6.42 Å². The number of nitrogens with zero attached hydrogens (tertiary/aromatic N) is 1. The highest BCUT2D eigenvalue weighted by molar-refractivity contribution is 5.76. The lowest BCUT2D eigenvalue weighted by atomic mass is 10.3. The van der Waals surface area contributed by atoms with Crippen LogP contribution in [0.25, 0.3) is 0 Å². The van der Waals surface area contributed by atoms with E-state index in [0.29, 0.717) is 12.4 Å². The van der Waals surface area contributed by atoms with Crippen LogP contribution in [0, 0.1) is 0 Å². The Morgan fingerprint density at radius 3 is 2.76 bits per heavy atom. The highest BCUT2D eigenvalue weighted by Crippen LogP contribution is 2.00. The van der Waals surface area contributed by atoms with Crippen molar-refractivity contribution < 1.29 is 14.3 Å². The zero-order valence-corrected chi connectivity index (χ0v) is 9.18.